The van der Waals surface area contributed by atoms with Crippen molar-refractivity contribution in [3.63, 3.8) is 0 Å². The smallest absolute Gasteiger partial charge is 0.282 e. The Morgan fingerprint density at radius 3 is 2.73 bits per heavy atom. The Morgan fingerprint density at radius 1 is 1.19 bits per heavy atom. The van der Waals surface area contributed by atoms with Gasteiger partial charge in [0, 0.05) is 11.1 Å². The molecule has 0 aliphatic carbocycles. The largest absolute Gasteiger partial charge is 0.300 e. The molecule has 0 radical (unpaired) electrons. The third kappa shape index (κ3) is 2.84. The molecular formula is C18H17F2N5Si. The number of halogens is 2. The molecule has 3 heterocycles. The molecule has 26 heavy (non-hydrogen) atoms. The quantitative estimate of drug-likeness (QED) is 0.380. The van der Waals surface area contributed by atoms with Crippen molar-refractivity contribution in [1.82, 2.24) is 24.3 Å². The van der Waals surface area contributed by atoms with Crippen LogP contribution in [-0.2, 0) is 6.54 Å². The van der Waals surface area contributed by atoms with Crippen molar-refractivity contribution < 1.29 is 8.78 Å². The van der Waals surface area contributed by atoms with Gasteiger partial charge in [-0.2, -0.15) is 5.10 Å². The monoisotopic (exact) mass is 369 g/mol. The first-order chi connectivity index (χ1) is 12.3. The second kappa shape index (κ2) is 5.88. The van der Waals surface area contributed by atoms with E-state index in [1.165, 1.54) is 12.7 Å². The lowest BCUT2D eigenvalue weighted by Crippen LogP contribution is -2.16. The molecule has 0 amide bonds. The summed E-state index contributed by atoms with van der Waals surface area (Å²) in [6.45, 7) is 6.75. The van der Waals surface area contributed by atoms with Gasteiger partial charge in [-0.15, -0.1) is 5.54 Å². The molecule has 5 nitrogen and oxygen atoms in total. The summed E-state index contributed by atoms with van der Waals surface area (Å²) in [4.78, 5) is 8.25. The molecule has 0 saturated heterocycles. The van der Waals surface area contributed by atoms with E-state index in [0.29, 0.717) is 11.5 Å². The van der Waals surface area contributed by atoms with Crippen LogP contribution in [-0.4, -0.2) is 32.4 Å². The number of nitrogens with zero attached hydrogens (tertiary/aromatic N) is 5. The molecule has 1 aliphatic heterocycles. The maximum atomic E-state index is 13.3. The summed E-state index contributed by atoms with van der Waals surface area (Å²) in [5.74, 6) is 3.87. The van der Waals surface area contributed by atoms with E-state index in [-0.39, 0.29) is 12.2 Å². The molecule has 2 aromatic heterocycles. The molecule has 0 saturated carbocycles. The average Bonchev–Trinajstić information content (AvgIpc) is 3.17. The van der Waals surface area contributed by atoms with E-state index in [2.05, 4.69) is 46.2 Å². The average molecular weight is 369 g/mol. The van der Waals surface area contributed by atoms with Crippen molar-refractivity contribution in [2.24, 2.45) is 0 Å². The van der Waals surface area contributed by atoms with Crippen LogP contribution >= 0.6 is 0 Å². The van der Waals surface area contributed by atoms with Gasteiger partial charge in [0.25, 0.3) is 6.43 Å². The highest BCUT2D eigenvalue weighted by molar-refractivity contribution is 6.83. The van der Waals surface area contributed by atoms with Gasteiger partial charge in [-0.3, -0.25) is 0 Å². The van der Waals surface area contributed by atoms with Crippen LogP contribution in [0.25, 0.3) is 17.1 Å². The van der Waals surface area contributed by atoms with Crippen molar-refractivity contribution in [2.45, 2.75) is 32.6 Å². The number of imidazole rings is 1. The van der Waals surface area contributed by atoms with E-state index < -0.39 is 14.5 Å². The number of fused-ring (bicyclic) bond motifs is 5. The zero-order valence-electron chi connectivity index (χ0n) is 14.7. The van der Waals surface area contributed by atoms with E-state index in [1.807, 2.05) is 18.2 Å². The SMILES string of the molecule is C[Si](C)(C)C#Cc1ccc2c(c1)-c1ncnn1Cc1c(C(F)F)ncn1-2. The van der Waals surface area contributed by atoms with Gasteiger partial charge in [-0.25, -0.2) is 23.4 Å². The van der Waals surface area contributed by atoms with Gasteiger partial charge in [0.05, 0.1) is 17.9 Å². The lowest BCUT2D eigenvalue weighted by molar-refractivity contribution is 0.145. The van der Waals surface area contributed by atoms with Crippen molar-refractivity contribution >= 4 is 8.07 Å². The van der Waals surface area contributed by atoms with Crippen LogP contribution in [0.4, 0.5) is 8.78 Å². The van der Waals surface area contributed by atoms with Gasteiger partial charge in [0.1, 0.15) is 26.4 Å². The highest BCUT2D eigenvalue weighted by atomic mass is 28.3. The fourth-order valence-corrected chi connectivity index (χ4v) is 3.45. The zero-order chi connectivity index (χ0) is 18.5. The van der Waals surface area contributed by atoms with Crippen LogP contribution in [0.2, 0.25) is 19.6 Å². The first kappa shape index (κ1) is 16.7. The van der Waals surface area contributed by atoms with E-state index in [0.717, 1.165) is 16.8 Å². The number of rotatable bonds is 1. The molecule has 0 fully saturated rings. The Bertz CT molecular complexity index is 1050. The fourth-order valence-electron chi connectivity index (χ4n) is 2.93. The first-order valence-electron chi connectivity index (χ1n) is 8.23. The summed E-state index contributed by atoms with van der Waals surface area (Å²) in [6, 6.07) is 5.73. The minimum atomic E-state index is -2.64. The topological polar surface area (TPSA) is 48.5 Å². The van der Waals surface area contributed by atoms with Gasteiger partial charge in [0.15, 0.2) is 5.82 Å². The minimum absolute atomic E-state index is 0.194. The summed E-state index contributed by atoms with van der Waals surface area (Å²) < 4.78 is 30.0. The number of alkyl halides is 2. The van der Waals surface area contributed by atoms with Crippen molar-refractivity contribution in [2.75, 3.05) is 0 Å². The molecule has 8 heteroatoms. The first-order valence-corrected chi connectivity index (χ1v) is 11.7. The summed E-state index contributed by atoms with van der Waals surface area (Å²) in [5, 5.41) is 4.20. The Hall–Kier alpha value is -2.79. The summed E-state index contributed by atoms with van der Waals surface area (Å²) in [5.41, 5.74) is 5.98. The van der Waals surface area contributed by atoms with Gasteiger partial charge >= 0.3 is 0 Å². The van der Waals surface area contributed by atoms with Crippen LogP contribution in [0.15, 0.2) is 30.9 Å². The third-order valence-electron chi connectivity index (χ3n) is 4.10. The molecule has 1 aliphatic rings. The van der Waals surface area contributed by atoms with E-state index in [9.17, 15) is 8.78 Å². The lowest BCUT2D eigenvalue weighted by atomic mass is 10.1. The molecule has 3 aromatic rings. The highest BCUT2D eigenvalue weighted by Crippen LogP contribution is 2.33. The van der Waals surface area contributed by atoms with E-state index in [4.69, 9.17) is 0 Å². The fraction of sp³-hybridized carbons (Fsp3) is 0.278. The molecule has 0 atom stereocenters. The standard InChI is InChI=1S/C18H17F2N5Si/c1-26(2,3)7-6-12-4-5-14-13(8-12)18-21-10-23-25(18)9-15-16(17(19)20)22-11-24(14)15/h4-5,8,10-11,17H,9H2,1-3H3. The molecule has 0 unspecified atom stereocenters. The second-order valence-electron chi connectivity index (χ2n) is 7.22. The molecule has 4 rings (SSSR count). The molecular weight excluding hydrogens is 352 g/mol. The van der Waals surface area contributed by atoms with Gasteiger partial charge in [-0.05, 0) is 18.2 Å². The minimum Gasteiger partial charge on any atom is -0.300 e. The van der Waals surface area contributed by atoms with Gasteiger partial charge in [0.2, 0.25) is 0 Å². The number of aromatic nitrogens is 5. The highest BCUT2D eigenvalue weighted by Gasteiger charge is 2.26. The van der Waals surface area contributed by atoms with Crippen molar-refractivity contribution in [3.05, 3.63) is 47.8 Å². The maximum absolute atomic E-state index is 13.3. The van der Waals surface area contributed by atoms with Crippen molar-refractivity contribution in [1.29, 1.82) is 0 Å². The van der Waals surface area contributed by atoms with Crippen LogP contribution in [0.3, 0.4) is 0 Å². The molecule has 132 valence electrons. The summed E-state index contributed by atoms with van der Waals surface area (Å²) >= 11 is 0. The van der Waals surface area contributed by atoms with Crippen molar-refractivity contribution in [3.8, 4) is 28.5 Å². The zero-order valence-corrected chi connectivity index (χ0v) is 15.7. The Kier molecular flexibility index (Phi) is 3.77. The third-order valence-corrected chi connectivity index (χ3v) is 4.97. The predicted octanol–water partition coefficient (Wildman–Crippen LogP) is 3.66. The van der Waals surface area contributed by atoms with Crippen LogP contribution in [0, 0.1) is 11.5 Å². The molecule has 0 N–H and O–H groups in total. The predicted molar refractivity (Wildman–Crippen MR) is 96.9 cm³/mol. The Labute approximate surface area is 150 Å². The van der Waals surface area contributed by atoms with Crippen LogP contribution in [0.5, 0.6) is 0 Å². The van der Waals surface area contributed by atoms with Crippen LogP contribution in [0.1, 0.15) is 23.4 Å². The van der Waals surface area contributed by atoms with E-state index in [1.54, 1.807) is 9.25 Å². The lowest BCUT2D eigenvalue weighted by Gasteiger charge is -2.09. The second-order valence-corrected chi connectivity index (χ2v) is 12.0. The van der Waals surface area contributed by atoms with Gasteiger partial charge in [-0.1, -0.05) is 25.6 Å². The molecule has 0 spiro atoms. The summed E-state index contributed by atoms with van der Waals surface area (Å²) in [7, 11) is -1.50. The van der Waals surface area contributed by atoms with Gasteiger partial charge < -0.3 is 4.57 Å². The number of benzene rings is 1. The van der Waals surface area contributed by atoms with Crippen LogP contribution < -0.4 is 0 Å². The molecule has 0 bridgehead atoms. The molecule has 1 aromatic carbocycles. The Balaban J connectivity index is 1.93. The number of hydrogen-bond acceptors (Lipinski definition) is 3. The normalized spacial score (nSPS) is 12.7. The number of hydrogen-bond donors (Lipinski definition) is 0. The maximum Gasteiger partial charge on any atom is 0.282 e. The summed E-state index contributed by atoms with van der Waals surface area (Å²) in [6.07, 6.45) is 0.241. The Morgan fingerprint density at radius 2 is 2.00 bits per heavy atom. The van der Waals surface area contributed by atoms with E-state index >= 15 is 0 Å².